The van der Waals surface area contributed by atoms with Gasteiger partial charge in [-0.15, -0.1) is 5.10 Å². The maximum Gasteiger partial charge on any atom is 0.342 e. The number of aliphatic carboxylic acids is 1. The van der Waals surface area contributed by atoms with Crippen molar-refractivity contribution in [2.75, 3.05) is 7.11 Å². The summed E-state index contributed by atoms with van der Waals surface area (Å²) >= 11 is 7.01. The Balaban J connectivity index is 1.88. The van der Waals surface area contributed by atoms with Gasteiger partial charge in [-0.25, -0.2) is 9.78 Å². The molecule has 3 aromatic rings. The first-order chi connectivity index (χ1) is 13.0. The molecule has 6 nitrogen and oxygen atoms in total. The number of ether oxygens (including phenoxy) is 1. The molecule has 1 heterocycles. The Labute approximate surface area is 165 Å². The number of carbonyl (C=O) groups is 1. The molecule has 0 saturated heterocycles. The number of rotatable bonds is 6. The van der Waals surface area contributed by atoms with Crippen LogP contribution >= 0.6 is 23.4 Å². The van der Waals surface area contributed by atoms with Crippen molar-refractivity contribution < 1.29 is 14.6 Å². The lowest BCUT2D eigenvalue weighted by molar-refractivity contribution is -0.131. The molecule has 0 bridgehead atoms. The van der Waals surface area contributed by atoms with Gasteiger partial charge in [-0.3, -0.25) is 5.10 Å². The summed E-state index contributed by atoms with van der Waals surface area (Å²) in [6.07, 6.45) is 1.59. The van der Waals surface area contributed by atoms with Gasteiger partial charge in [-0.1, -0.05) is 41.4 Å². The number of benzene rings is 2. The number of nitrogens with one attached hydrogen (secondary N) is 1. The van der Waals surface area contributed by atoms with Crippen molar-refractivity contribution in [2.45, 2.75) is 12.1 Å². The lowest BCUT2D eigenvalue weighted by Gasteiger charge is -2.05. The van der Waals surface area contributed by atoms with Gasteiger partial charge < -0.3 is 9.84 Å². The fourth-order valence-electron chi connectivity index (χ4n) is 2.33. The van der Waals surface area contributed by atoms with E-state index in [4.69, 9.17) is 16.3 Å². The summed E-state index contributed by atoms with van der Waals surface area (Å²) in [5, 5.41) is 17.2. The van der Waals surface area contributed by atoms with E-state index in [1.54, 1.807) is 31.4 Å². The number of hydrogen-bond acceptors (Lipinski definition) is 5. The summed E-state index contributed by atoms with van der Waals surface area (Å²) in [6, 6.07) is 12.7. The van der Waals surface area contributed by atoms with Gasteiger partial charge in [-0.2, -0.15) is 0 Å². The van der Waals surface area contributed by atoms with Crippen LogP contribution in [0.1, 0.15) is 11.1 Å². The van der Waals surface area contributed by atoms with Crippen molar-refractivity contribution >= 4 is 35.4 Å². The van der Waals surface area contributed by atoms with E-state index in [0.29, 0.717) is 22.2 Å². The van der Waals surface area contributed by atoms with Crippen molar-refractivity contribution in [3.05, 3.63) is 63.5 Å². The van der Waals surface area contributed by atoms with E-state index in [-0.39, 0.29) is 10.1 Å². The number of hydrogen-bond donors (Lipinski definition) is 2. The lowest BCUT2D eigenvalue weighted by atomic mass is 10.1. The van der Waals surface area contributed by atoms with Crippen molar-refractivity contribution in [2.24, 2.45) is 0 Å². The number of carboxylic acid groups (broad SMARTS) is 1. The first-order valence-corrected chi connectivity index (χ1v) is 9.11. The zero-order valence-electron chi connectivity index (χ0n) is 14.6. The van der Waals surface area contributed by atoms with Crippen molar-refractivity contribution in [3.8, 4) is 17.1 Å². The number of aryl methyl sites for hydroxylation is 1. The van der Waals surface area contributed by atoms with Gasteiger partial charge in [0, 0.05) is 5.02 Å². The van der Waals surface area contributed by atoms with Crippen LogP contribution in [0.3, 0.4) is 0 Å². The number of H-pyrrole nitrogens is 1. The molecular formula is C19H16ClN3O3S. The van der Waals surface area contributed by atoms with Gasteiger partial charge in [0.1, 0.15) is 10.7 Å². The van der Waals surface area contributed by atoms with Gasteiger partial charge >= 0.3 is 5.97 Å². The Bertz CT molecular complexity index is 1000. The summed E-state index contributed by atoms with van der Waals surface area (Å²) in [5.41, 5.74) is 2.53. The summed E-state index contributed by atoms with van der Waals surface area (Å²) < 4.78 is 5.31. The quantitative estimate of drug-likeness (QED) is 0.461. The maximum absolute atomic E-state index is 11.6. The first kappa shape index (κ1) is 19.0. The minimum absolute atomic E-state index is 0.113. The zero-order chi connectivity index (χ0) is 19.4. The van der Waals surface area contributed by atoms with Gasteiger partial charge in [-0.05, 0) is 48.5 Å². The first-order valence-electron chi connectivity index (χ1n) is 7.92. The van der Waals surface area contributed by atoms with Crippen LogP contribution in [0, 0.1) is 6.92 Å². The van der Waals surface area contributed by atoms with Gasteiger partial charge in [0.15, 0.2) is 5.82 Å². The van der Waals surface area contributed by atoms with E-state index in [1.807, 2.05) is 31.2 Å². The molecule has 0 fully saturated rings. The third kappa shape index (κ3) is 4.69. The molecule has 0 saturated carbocycles. The fourth-order valence-corrected chi connectivity index (χ4v) is 3.20. The predicted octanol–water partition coefficient (Wildman–Crippen LogP) is 4.66. The molecule has 0 radical (unpaired) electrons. The topological polar surface area (TPSA) is 88.1 Å². The number of aromatic nitrogens is 3. The SMILES string of the molecule is COc1ccc(Cl)cc1-c1nc(S/C(=C\c2ccc(C)cc2)C(=O)O)n[nH]1. The van der Waals surface area contributed by atoms with Crippen LogP contribution in [-0.2, 0) is 4.79 Å². The number of methoxy groups -OCH3 is 1. The molecule has 0 atom stereocenters. The molecular weight excluding hydrogens is 386 g/mol. The molecule has 2 N–H and O–H groups in total. The largest absolute Gasteiger partial charge is 0.496 e. The molecule has 8 heteroatoms. The summed E-state index contributed by atoms with van der Waals surface area (Å²) in [4.78, 5) is 16.1. The van der Waals surface area contributed by atoms with E-state index in [2.05, 4.69) is 15.2 Å². The molecule has 0 aliphatic carbocycles. The van der Waals surface area contributed by atoms with Crippen molar-refractivity contribution in [1.82, 2.24) is 15.2 Å². The molecule has 0 amide bonds. The smallest absolute Gasteiger partial charge is 0.342 e. The zero-order valence-corrected chi connectivity index (χ0v) is 16.1. The summed E-state index contributed by atoms with van der Waals surface area (Å²) in [7, 11) is 1.55. The third-order valence-corrected chi connectivity index (χ3v) is 4.78. The summed E-state index contributed by atoms with van der Waals surface area (Å²) in [5.74, 6) is -0.0232. The molecule has 138 valence electrons. The highest BCUT2D eigenvalue weighted by molar-refractivity contribution is 8.04. The van der Waals surface area contributed by atoms with Crippen molar-refractivity contribution in [1.29, 1.82) is 0 Å². The molecule has 0 aliphatic rings. The minimum Gasteiger partial charge on any atom is -0.496 e. The van der Waals surface area contributed by atoms with Gasteiger partial charge in [0.2, 0.25) is 5.16 Å². The lowest BCUT2D eigenvalue weighted by Crippen LogP contribution is -1.97. The van der Waals surface area contributed by atoms with Crippen LogP contribution in [0.4, 0.5) is 0 Å². The van der Waals surface area contributed by atoms with Crippen LogP contribution in [0.2, 0.25) is 5.02 Å². The molecule has 2 aromatic carbocycles. The fraction of sp³-hybridized carbons (Fsp3) is 0.105. The highest BCUT2D eigenvalue weighted by atomic mass is 35.5. The third-order valence-electron chi connectivity index (χ3n) is 3.67. The van der Waals surface area contributed by atoms with Crippen molar-refractivity contribution in [3.63, 3.8) is 0 Å². The predicted molar refractivity (Wildman–Crippen MR) is 106 cm³/mol. The Morgan fingerprint density at radius 2 is 2.00 bits per heavy atom. The number of nitrogens with zero attached hydrogens (tertiary/aromatic N) is 2. The molecule has 0 unspecified atom stereocenters. The van der Waals surface area contributed by atoms with E-state index in [1.165, 1.54) is 0 Å². The van der Waals surface area contributed by atoms with E-state index in [0.717, 1.165) is 22.9 Å². The van der Waals surface area contributed by atoms with Crippen LogP contribution in [0.5, 0.6) is 5.75 Å². The Kier molecular flexibility index (Phi) is 5.83. The standard InChI is InChI=1S/C19H16ClN3O3S/c1-11-3-5-12(6-4-11)9-16(18(24)25)27-19-21-17(22-23-19)14-10-13(20)7-8-15(14)26-2/h3-10H,1-2H3,(H,24,25)(H,21,22,23)/b16-9-. The number of halogens is 1. The minimum atomic E-state index is -1.05. The monoisotopic (exact) mass is 401 g/mol. The molecule has 0 spiro atoms. The number of thioether (sulfide) groups is 1. The normalized spacial score (nSPS) is 11.4. The average Bonchev–Trinajstić information content (AvgIpc) is 3.11. The van der Waals surface area contributed by atoms with Crippen LogP contribution in [0.25, 0.3) is 17.5 Å². The summed E-state index contributed by atoms with van der Waals surface area (Å²) in [6.45, 7) is 1.97. The highest BCUT2D eigenvalue weighted by Gasteiger charge is 2.16. The Morgan fingerprint density at radius 3 is 2.67 bits per heavy atom. The number of carboxylic acids is 1. The van der Waals surface area contributed by atoms with E-state index >= 15 is 0 Å². The Hall–Kier alpha value is -2.77. The average molecular weight is 402 g/mol. The second-order valence-corrected chi connectivity index (χ2v) is 7.08. The molecule has 1 aromatic heterocycles. The van der Waals surface area contributed by atoms with Gasteiger partial charge in [0.05, 0.1) is 12.7 Å². The Morgan fingerprint density at radius 1 is 1.26 bits per heavy atom. The van der Waals surface area contributed by atoms with E-state index in [9.17, 15) is 9.90 Å². The molecule has 27 heavy (non-hydrogen) atoms. The van der Waals surface area contributed by atoms with E-state index < -0.39 is 5.97 Å². The van der Waals surface area contributed by atoms with Crippen LogP contribution < -0.4 is 4.74 Å². The van der Waals surface area contributed by atoms with Gasteiger partial charge in [0.25, 0.3) is 0 Å². The molecule has 3 rings (SSSR count). The highest BCUT2D eigenvalue weighted by Crippen LogP contribution is 2.32. The van der Waals surface area contributed by atoms with Crippen LogP contribution in [-0.4, -0.2) is 33.4 Å². The molecule has 0 aliphatic heterocycles. The van der Waals surface area contributed by atoms with Crippen LogP contribution in [0.15, 0.2) is 52.5 Å². The second-order valence-electron chi connectivity index (χ2n) is 5.64. The number of aromatic amines is 1. The maximum atomic E-state index is 11.6. The second kappa shape index (κ2) is 8.28.